The third kappa shape index (κ3) is 3.76. The largest absolute Gasteiger partial charge is 0.328 e. The van der Waals surface area contributed by atoms with Crippen LogP contribution in [0.3, 0.4) is 0 Å². The summed E-state index contributed by atoms with van der Waals surface area (Å²) in [6, 6.07) is 18.0. The molecule has 1 fully saturated rings. The predicted molar refractivity (Wildman–Crippen MR) is 90.9 cm³/mol. The molecule has 0 unspecified atom stereocenters. The van der Waals surface area contributed by atoms with E-state index in [0.29, 0.717) is 0 Å². The highest BCUT2D eigenvalue weighted by Crippen LogP contribution is 2.11. The van der Waals surface area contributed by atoms with E-state index in [0.717, 1.165) is 42.8 Å². The number of quaternary nitrogens is 1. The van der Waals surface area contributed by atoms with Crippen molar-refractivity contribution in [1.29, 1.82) is 0 Å². The summed E-state index contributed by atoms with van der Waals surface area (Å²) in [7, 11) is 0. The number of hydrogen-bond donors (Lipinski definition) is 1. The Labute approximate surface area is 139 Å². The van der Waals surface area contributed by atoms with Crippen LogP contribution in [0.2, 0.25) is 0 Å². The summed E-state index contributed by atoms with van der Waals surface area (Å²) in [6.45, 7) is 4.69. The van der Waals surface area contributed by atoms with Crippen LogP contribution in [0, 0.1) is 0 Å². The van der Waals surface area contributed by atoms with Crippen LogP contribution >= 0.6 is 15.9 Å². The van der Waals surface area contributed by atoms with Gasteiger partial charge in [0.15, 0.2) is 0 Å². The zero-order valence-corrected chi connectivity index (χ0v) is 14.1. The molecule has 0 bridgehead atoms. The Bertz CT molecular complexity index is 637. The number of benzene rings is 2. The molecule has 2 aromatic rings. The lowest BCUT2D eigenvalue weighted by Crippen LogP contribution is -3.13. The lowest BCUT2D eigenvalue weighted by atomic mass is 10.1. The fourth-order valence-electron chi connectivity index (χ4n) is 2.90. The zero-order valence-electron chi connectivity index (χ0n) is 12.5. The van der Waals surface area contributed by atoms with Crippen molar-refractivity contribution in [1.82, 2.24) is 4.90 Å². The molecule has 22 heavy (non-hydrogen) atoms. The van der Waals surface area contributed by atoms with E-state index in [1.54, 1.807) is 0 Å². The molecule has 1 saturated heterocycles. The zero-order chi connectivity index (χ0) is 15.4. The molecule has 0 saturated carbocycles. The smallest absolute Gasteiger partial charge is 0.254 e. The number of rotatable bonds is 3. The van der Waals surface area contributed by atoms with Crippen molar-refractivity contribution in [2.75, 3.05) is 26.2 Å². The van der Waals surface area contributed by atoms with Crippen LogP contribution < -0.4 is 4.90 Å². The molecular weight excluding hydrogens is 340 g/mol. The monoisotopic (exact) mass is 359 g/mol. The SMILES string of the molecule is O=C(c1ccccc1)N1CC[NH+](Cc2cccc(Br)c2)CC1. The Morgan fingerprint density at radius 2 is 1.77 bits per heavy atom. The maximum atomic E-state index is 12.4. The molecule has 0 atom stereocenters. The van der Waals surface area contributed by atoms with Crippen molar-refractivity contribution in [3.63, 3.8) is 0 Å². The third-order valence-electron chi connectivity index (χ3n) is 4.12. The van der Waals surface area contributed by atoms with Gasteiger partial charge in [0.25, 0.3) is 5.91 Å². The first-order valence-corrected chi connectivity index (χ1v) is 8.44. The average Bonchev–Trinajstić information content (AvgIpc) is 2.56. The van der Waals surface area contributed by atoms with Gasteiger partial charge in [0.05, 0.1) is 26.2 Å². The maximum absolute atomic E-state index is 12.4. The number of halogens is 1. The highest BCUT2D eigenvalue weighted by atomic mass is 79.9. The van der Waals surface area contributed by atoms with E-state index in [4.69, 9.17) is 0 Å². The van der Waals surface area contributed by atoms with Crippen LogP contribution in [0.1, 0.15) is 15.9 Å². The molecule has 1 aliphatic rings. The number of hydrogen-bond acceptors (Lipinski definition) is 1. The highest BCUT2D eigenvalue weighted by Gasteiger charge is 2.24. The molecule has 0 radical (unpaired) electrons. The topological polar surface area (TPSA) is 24.8 Å². The molecule has 0 spiro atoms. The Hall–Kier alpha value is -1.65. The van der Waals surface area contributed by atoms with E-state index in [1.807, 2.05) is 35.2 Å². The molecule has 4 heteroatoms. The van der Waals surface area contributed by atoms with E-state index in [9.17, 15) is 4.79 Å². The fraction of sp³-hybridized carbons (Fsp3) is 0.278. The number of nitrogens with zero attached hydrogens (tertiary/aromatic N) is 1. The molecule has 2 aromatic carbocycles. The summed E-state index contributed by atoms with van der Waals surface area (Å²) in [5.41, 5.74) is 2.13. The van der Waals surface area contributed by atoms with Crippen molar-refractivity contribution in [2.24, 2.45) is 0 Å². The second kappa shape index (κ2) is 7.07. The van der Waals surface area contributed by atoms with Gasteiger partial charge in [-0.05, 0) is 24.3 Å². The third-order valence-corrected chi connectivity index (χ3v) is 4.61. The van der Waals surface area contributed by atoms with Gasteiger partial charge in [0.1, 0.15) is 6.54 Å². The number of carbonyl (C=O) groups excluding carboxylic acids is 1. The Balaban J connectivity index is 1.55. The van der Waals surface area contributed by atoms with Gasteiger partial charge in [-0.3, -0.25) is 4.79 Å². The van der Waals surface area contributed by atoms with Gasteiger partial charge in [-0.2, -0.15) is 0 Å². The molecule has 1 amide bonds. The van der Waals surface area contributed by atoms with Gasteiger partial charge in [0, 0.05) is 15.6 Å². The highest BCUT2D eigenvalue weighted by molar-refractivity contribution is 9.10. The number of piperazine rings is 1. The molecular formula is C18H20BrN2O+. The fourth-order valence-corrected chi connectivity index (χ4v) is 3.35. The predicted octanol–water partition coefficient (Wildman–Crippen LogP) is 1.99. The van der Waals surface area contributed by atoms with Gasteiger partial charge in [-0.1, -0.05) is 46.3 Å². The standard InChI is InChI=1S/C18H19BrN2O/c19-17-8-4-5-15(13-17)14-20-9-11-21(12-10-20)18(22)16-6-2-1-3-7-16/h1-8,13H,9-12,14H2/p+1. The van der Waals surface area contributed by atoms with Crippen molar-refractivity contribution in [3.8, 4) is 0 Å². The van der Waals surface area contributed by atoms with E-state index in [-0.39, 0.29) is 5.91 Å². The van der Waals surface area contributed by atoms with Crippen molar-refractivity contribution >= 4 is 21.8 Å². The minimum Gasteiger partial charge on any atom is -0.328 e. The van der Waals surface area contributed by atoms with Gasteiger partial charge in [-0.15, -0.1) is 0 Å². The second-order valence-electron chi connectivity index (χ2n) is 5.71. The van der Waals surface area contributed by atoms with Gasteiger partial charge in [-0.25, -0.2) is 0 Å². The first kappa shape index (κ1) is 15.3. The summed E-state index contributed by atoms with van der Waals surface area (Å²) in [4.78, 5) is 15.9. The quantitative estimate of drug-likeness (QED) is 0.890. The molecule has 0 aliphatic carbocycles. The summed E-state index contributed by atoms with van der Waals surface area (Å²) < 4.78 is 1.13. The summed E-state index contributed by atoms with van der Waals surface area (Å²) in [5, 5.41) is 0. The van der Waals surface area contributed by atoms with E-state index < -0.39 is 0 Å². The minimum absolute atomic E-state index is 0.155. The van der Waals surface area contributed by atoms with Crippen molar-refractivity contribution in [2.45, 2.75) is 6.54 Å². The van der Waals surface area contributed by atoms with Crippen LogP contribution in [0.25, 0.3) is 0 Å². The van der Waals surface area contributed by atoms with Crippen LogP contribution in [0.5, 0.6) is 0 Å². The minimum atomic E-state index is 0.155. The molecule has 3 rings (SSSR count). The van der Waals surface area contributed by atoms with Crippen molar-refractivity contribution in [3.05, 3.63) is 70.2 Å². The lowest BCUT2D eigenvalue weighted by molar-refractivity contribution is -0.917. The van der Waals surface area contributed by atoms with Gasteiger partial charge < -0.3 is 9.80 Å². The number of carbonyl (C=O) groups is 1. The first-order valence-electron chi connectivity index (χ1n) is 7.65. The summed E-state index contributed by atoms with van der Waals surface area (Å²) in [6.07, 6.45) is 0. The van der Waals surface area contributed by atoms with E-state index in [2.05, 4.69) is 40.2 Å². The van der Waals surface area contributed by atoms with E-state index in [1.165, 1.54) is 10.5 Å². The van der Waals surface area contributed by atoms with Crippen LogP contribution in [0.4, 0.5) is 0 Å². The average molecular weight is 360 g/mol. The molecule has 0 aromatic heterocycles. The van der Waals surface area contributed by atoms with Gasteiger partial charge >= 0.3 is 0 Å². The van der Waals surface area contributed by atoms with Crippen molar-refractivity contribution < 1.29 is 9.69 Å². The Morgan fingerprint density at radius 3 is 2.45 bits per heavy atom. The molecule has 114 valence electrons. The second-order valence-corrected chi connectivity index (χ2v) is 6.63. The van der Waals surface area contributed by atoms with Crippen LogP contribution in [-0.2, 0) is 6.54 Å². The number of amides is 1. The van der Waals surface area contributed by atoms with Gasteiger partial charge in [0.2, 0.25) is 0 Å². The molecule has 3 nitrogen and oxygen atoms in total. The summed E-state index contributed by atoms with van der Waals surface area (Å²) in [5.74, 6) is 0.155. The summed E-state index contributed by atoms with van der Waals surface area (Å²) >= 11 is 3.52. The number of nitrogens with one attached hydrogen (secondary N) is 1. The normalized spacial score (nSPS) is 15.8. The van der Waals surface area contributed by atoms with E-state index >= 15 is 0 Å². The molecule has 1 aliphatic heterocycles. The molecule has 1 heterocycles. The molecule has 1 N–H and O–H groups in total. The first-order chi connectivity index (χ1) is 10.7. The Kier molecular flexibility index (Phi) is 4.90. The lowest BCUT2D eigenvalue weighted by Gasteiger charge is -2.32. The van der Waals surface area contributed by atoms with Crippen LogP contribution in [-0.4, -0.2) is 37.0 Å². The Morgan fingerprint density at radius 1 is 1.05 bits per heavy atom. The maximum Gasteiger partial charge on any atom is 0.254 e. The van der Waals surface area contributed by atoms with Crippen LogP contribution in [0.15, 0.2) is 59.1 Å².